The summed E-state index contributed by atoms with van der Waals surface area (Å²) < 4.78 is 35.1. The number of halogens is 2. The van der Waals surface area contributed by atoms with E-state index in [4.69, 9.17) is 4.74 Å². The van der Waals surface area contributed by atoms with Crippen LogP contribution in [0.5, 0.6) is 5.75 Å². The van der Waals surface area contributed by atoms with Crippen LogP contribution in [0.1, 0.15) is 42.0 Å². The molecule has 1 aliphatic rings. The van der Waals surface area contributed by atoms with Gasteiger partial charge in [-0.25, -0.2) is 13.8 Å². The Labute approximate surface area is 180 Å². The number of aryl methyl sites for hydroxylation is 1. The van der Waals surface area contributed by atoms with Gasteiger partial charge in [0.25, 0.3) is 5.91 Å². The van der Waals surface area contributed by atoms with Crippen molar-refractivity contribution in [1.82, 2.24) is 19.6 Å². The quantitative estimate of drug-likeness (QED) is 0.666. The average molecular weight is 430 g/mol. The summed E-state index contributed by atoms with van der Waals surface area (Å²) in [6.45, 7) is 3.32. The number of likely N-dealkylation sites (N-methyl/N-ethyl adjacent to an activating group) is 1. The summed E-state index contributed by atoms with van der Waals surface area (Å²) in [7, 11) is 2.04. The summed E-state index contributed by atoms with van der Waals surface area (Å²) in [5.74, 6) is -1.18. The first-order valence-electron chi connectivity index (χ1n) is 9.97. The molecule has 1 saturated heterocycles. The van der Waals surface area contributed by atoms with Gasteiger partial charge in [-0.05, 0) is 57.6 Å². The highest BCUT2D eigenvalue weighted by Gasteiger charge is 2.24. The second kappa shape index (κ2) is 9.43. The minimum Gasteiger partial charge on any atom is -0.485 e. The van der Waals surface area contributed by atoms with Crippen LogP contribution in [-0.4, -0.2) is 46.4 Å². The van der Waals surface area contributed by atoms with Crippen molar-refractivity contribution in [3.63, 3.8) is 0 Å². The van der Waals surface area contributed by atoms with E-state index in [1.54, 1.807) is 29.7 Å². The molecule has 1 aliphatic heterocycles. The molecule has 1 fully saturated rings. The van der Waals surface area contributed by atoms with E-state index in [0.717, 1.165) is 25.9 Å². The van der Waals surface area contributed by atoms with E-state index < -0.39 is 11.6 Å². The maximum absolute atomic E-state index is 13.9. The lowest BCUT2D eigenvalue weighted by Gasteiger charge is -2.30. The highest BCUT2D eigenvalue weighted by Crippen LogP contribution is 2.24. The predicted octanol–water partition coefficient (Wildman–Crippen LogP) is 3.96. The standard InChI is InChI=1S/C22H24F2N4O2.CH4/c1-14-20(22(29)26-15-6-4-10-27(2)12-15)28-11-5-9-19(21(28)25-14)30-13-16-17(23)7-3-8-18(16)24;/h3,5,7-9,11,15H,4,6,10,12-13H2,1-2H3,(H,26,29);1H4/t15-;/m0./s1. The number of likely N-dealkylation sites (tertiary alicyclic amines) is 1. The Kier molecular flexibility index (Phi) is 6.90. The van der Waals surface area contributed by atoms with Crippen molar-refractivity contribution in [1.29, 1.82) is 0 Å². The number of hydrogen-bond acceptors (Lipinski definition) is 4. The minimum absolute atomic E-state index is 0. The van der Waals surface area contributed by atoms with Crippen LogP contribution in [-0.2, 0) is 6.61 Å². The van der Waals surface area contributed by atoms with Gasteiger partial charge in [0.05, 0.1) is 11.3 Å². The van der Waals surface area contributed by atoms with Crippen molar-refractivity contribution < 1.29 is 18.3 Å². The summed E-state index contributed by atoms with van der Waals surface area (Å²) in [5, 5.41) is 3.10. The maximum Gasteiger partial charge on any atom is 0.270 e. The molecule has 3 aromatic rings. The fraction of sp³-hybridized carbons (Fsp3) is 0.391. The molecule has 166 valence electrons. The second-order valence-electron chi connectivity index (χ2n) is 7.68. The van der Waals surface area contributed by atoms with Crippen LogP contribution >= 0.6 is 0 Å². The van der Waals surface area contributed by atoms with Crippen LogP contribution in [0, 0.1) is 18.6 Å². The first kappa shape index (κ1) is 22.7. The number of ether oxygens (including phenoxy) is 1. The highest BCUT2D eigenvalue weighted by molar-refractivity contribution is 5.95. The molecule has 6 nitrogen and oxygen atoms in total. The van der Waals surface area contributed by atoms with Crippen LogP contribution < -0.4 is 10.1 Å². The molecule has 1 aromatic carbocycles. The number of aromatic nitrogens is 2. The van der Waals surface area contributed by atoms with Crippen LogP contribution in [0.4, 0.5) is 8.78 Å². The summed E-state index contributed by atoms with van der Waals surface area (Å²) >= 11 is 0. The van der Waals surface area contributed by atoms with Gasteiger partial charge in [0.2, 0.25) is 0 Å². The van der Waals surface area contributed by atoms with Crippen molar-refractivity contribution in [2.24, 2.45) is 0 Å². The number of imidazole rings is 1. The fourth-order valence-electron chi connectivity index (χ4n) is 3.90. The number of fused-ring (bicyclic) bond motifs is 1. The summed E-state index contributed by atoms with van der Waals surface area (Å²) in [5.41, 5.74) is 1.27. The third-order valence-electron chi connectivity index (χ3n) is 5.40. The zero-order valence-electron chi connectivity index (χ0n) is 17.0. The molecule has 4 rings (SSSR count). The number of piperidine rings is 1. The van der Waals surface area contributed by atoms with E-state index in [1.165, 1.54) is 18.2 Å². The SMILES string of the molecule is C.Cc1nc2c(OCc3c(F)cccc3F)cccn2c1C(=O)N[C@H]1CCCN(C)C1. The maximum atomic E-state index is 13.9. The Hall–Kier alpha value is -3.00. The molecule has 3 heterocycles. The number of nitrogens with zero attached hydrogens (tertiary/aromatic N) is 3. The van der Waals surface area contributed by atoms with E-state index in [2.05, 4.69) is 15.2 Å². The molecule has 31 heavy (non-hydrogen) atoms. The number of nitrogens with one attached hydrogen (secondary N) is 1. The van der Waals surface area contributed by atoms with Crippen molar-refractivity contribution in [2.75, 3.05) is 20.1 Å². The van der Waals surface area contributed by atoms with Gasteiger partial charge in [-0.2, -0.15) is 0 Å². The first-order valence-corrected chi connectivity index (χ1v) is 9.97. The van der Waals surface area contributed by atoms with E-state index in [9.17, 15) is 13.6 Å². The smallest absolute Gasteiger partial charge is 0.270 e. The van der Waals surface area contributed by atoms with Gasteiger partial charge >= 0.3 is 0 Å². The Morgan fingerprint density at radius 1 is 1.26 bits per heavy atom. The Bertz CT molecular complexity index is 1060. The fourth-order valence-corrected chi connectivity index (χ4v) is 3.90. The first-order chi connectivity index (χ1) is 14.4. The van der Waals surface area contributed by atoms with Crippen molar-refractivity contribution in [3.05, 3.63) is 65.1 Å². The summed E-state index contributed by atoms with van der Waals surface area (Å²) in [6, 6.07) is 7.15. The van der Waals surface area contributed by atoms with Gasteiger partial charge in [0, 0.05) is 18.8 Å². The van der Waals surface area contributed by atoms with E-state index in [1.807, 2.05) is 7.05 Å². The molecular weight excluding hydrogens is 402 g/mol. The molecule has 2 aromatic heterocycles. The van der Waals surface area contributed by atoms with Crippen molar-refractivity contribution in [2.45, 2.75) is 39.8 Å². The number of carbonyl (C=O) groups excluding carboxylic acids is 1. The molecule has 1 atom stereocenters. The Morgan fingerprint density at radius 3 is 2.71 bits per heavy atom. The second-order valence-corrected chi connectivity index (χ2v) is 7.68. The number of carbonyl (C=O) groups is 1. The average Bonchev–Trinajstić information content (AvgIpc) is 3.04. The van der Waals surface area contributed by atoms with E-state index in [0.29, 0.717) is 22.8 Å². The Balaban J connectivity index is 0.00000272. The lowest BCUT2D eigenvalue weighted by atomic mass is 10.1. The third-order valence-corrected chi connectivity index (χ3v) is 5.40. The zero-order chi connectivity index (χ0) is 21.3. The number of hydrogen-bond donors (Lipinski definition) is 1. The molecule has 0 bridgehead atoms. The van der Waals surface area contributed by atoms with Crippen molar-refractivity contribution in [3.8, 4) is 5.75 Å². The molecule has 0 saturated carbocycles. The van der Waals surface area contributed by atoms with Gasteiger partial charge in [-0.1, -0.05) is 13.5 Å². The number of rotatable bonds is 5. The molecular formula is C23H28F2N4O2. The minimum atomic E-state index is -0.668. The Morgan fingerprint density at radius 2 is 2.00 bits per heavy atom. The van der Waals surface area contributed by atoms with Gasteiger partial charge in [-0.3, -0.25) is 9.20 Å². The number of pyridine rings is 1. The van der Waals surface area contributed by atoms with E-state index >= 15 is 0 Å². The molecule has 0 spiro atoms. The third kappa shape index (κ3) is 4.69. The predicted molar refractivity (Wildman–Crippen MR) is 115 cm³/mol. The molecule has 1 amide bonds. The number of amides is 1. The largest absolute Gasteiger partial charge is 0.485 e. The van der Waals surface area contributed by atoms with Gasteiger partial charge in [0.1, 0.15) is 23.9 Å². The van der Waals surface area contributed by atoms with Crippen LogP contribution in [0.2, 0.25) is 0 Å². The summed E-state index contributed by atoms with van der Waals surface area (Å²) in [4.78, 5) is 19.6. The summed E-state index contributed by atoms with van der Waals surface area (Å²) in [6.07, 6.45) is 3.71. The zero-order valence-corrected chi connectivity index (χ0v) is 17.0. The van der Waals surface area contributed by atoms with Gasteiger partial charge in [-0.15, -0.1) is 0 Å². The topological polar surface area (TPSA) is 58.9 Å². The monoisotopic (exact) mass is 430 g/mol. The van der Waals surface area contributed by atoms with Gasteiger partial charge < -0.3 is 15.0 Å². The number of benzene rings is 1. The van der Waals surface area contributed by atoms with Crippen LogP contribution in [0.3, 0.4) is 0 Å². The molecule has 8 heteroatoms. The highest BCUT2D eigenvalue weighted by atomic mass is 19.1. The normalized spacial score (nSPS) is 16.7. The van der Waals surface area contributed by atoms with Crippen molar-refractivity contribution >= 4 is 11.6 Å². The molecule has 1 N–H and O–H groups in total. The lowest BCUT2D eigenvalue weighted by molar-refractivity contribution is 0.0906. The van der Waals surface area contributed by atoms with E-state index in [-0.39, 0.29) is 31.5 Å². The lowest BCUT2D eigenvalue weighted by Crippen LogP contribution is -2.46. The molecule has 0 unspecified atom stereocenters. The van der Waals surface area contributed by atoms with Crippen LogP contribution in [0.15, 0.2) is 36.5 Å². The van der Waals surface area contributed by atoms with Crippen LogP contribution in [0.25, 0.3) is 5.65 Å². The molecule has 0 radical (unpaired) electrons. The van der Waals surface area contributed by atoms with Gasteiger partial charge in [0.15, 0.2) is 11.4 Å². The molecule has 0 aliphatic carbocycles.